The summed E-state index contributed by atoms with van der Waals surface area (Å²) in [5, 5.41) is 12.6. The molecule has 0 heterocycles. The molecule has 2 aliphatic carbocycles. The Morgan fingerprint density at radius 3 is 2.58 bits per heavy atom. The Hall–Kier alpha value is -0.980. The van der Waals surface area contributed by atoms with Crippen molar-refractivity contribution in [3.8, 4) is 0 Å². The van der Waals surface area contributed by atoms with Crippen molar-refractivity contribution in [2.45, 2.75) is 56.7 Å². The molecule has 0 unspecified atom stereocenters. The van der Waals surface area contributed by atoms with Gasteiger partial charge in [-0.05, 0) is 55.8 Å². The number of hydrogen-bond donors (Lipinski definition) is 2. The zero-order chi connectivity index (χ0) is 17.3. The van der Waals surface area contributed by atoms with E-state index in [1.165, 1.54) is 6.07 Å². The van der Waals surface area contributed by atoms with Crippen molar-refractivity contribution in [3.05, 3.63) is 34.1 Å². The SMILES string of the molecule is CCN(CC(=O)O)C1CC(NC2CC(c3ccc(Br)cc3F)C2)C1. The molecule has 4 nitrogen and oxygen atoms in total. The second kappa shape index (κ2) is 7.50. The van der Waals surface area contributed by atoms with E-state index in [-0.39, 0.29) is 12.4 Å². The minimum atomic E-state index is -0.758. The number of carboxylic acids is 1. The number of benzene rings is 1. The van der Waals surface area contributed by atoms with E-state index in [0.29, 0.717) is 24.0 Å². The molecule has 132 valence electrons. The summed E-state index contributed by atoms with van der Waals surface area (Å²) >= 11 is 3.29. The first-order valence-electron chi connectivity index (χ1n) is 8.63. The van der Waals surface area contributed by atoms with Crippen LogP contribution in [0.3, 0.4) is 0 Å². The van der Waals surface area contributed by atoms with Gasteiger partial charge in [0.1, 0.15) is 5.82 Å². The van der Waals surface area contributed by atoms with Gasteiger partial charge in [0, 0.05) is 22.6 Å². The monoisotopic (exact) mass is 398 g/mol. The molecule has 0 aromatic heterocycles. The summed E-state index contributed by atoms with van der Waals surface area (Å²) in [6, 6.07) is 6.62. The van der Waals surface area contributed by atoms with Gasteiger partial charge in [0.15, 0.2) is 0 Å². The zero-order valence-electron chi connectivity index (χ0n) is 13.8. The first-order valence-corrected chi connectivity index (χ1v) is 9.42. The lowest BCUT2D eigenvalue weighted by atomic mass is 9.74. The smallest absolute Gasteiger partial charge is 0.317 e. The van der Waals surface area contributed by atoms with Crippen molar-refractivity contribution < 1.29 is 14.3 Å². The van der Waals surface area contributed by atoms with Crippen molar-refractivity contribution in [2.75, 3.05) is 13.1 Å². The summed E-state index contributed by atoms with van der Waals surface area (Å²) in [6.07, 6.45) is 3.97. The molecule has 0 bridgehead atoms. The molecule has 0 aliphatic heterocycles. The standard InChI is InChI=1S/C18H24BrFN2O2/c1-2-22(10-18(23)24)15-8-14(9-15)21-13-5-11(6-13)16-4-3-12(19)7-17(16)20/h3-4,7,11,13-15,21H,2,5-6,8-10H2,1H3,(H,23,24). The molecular formula is C18H24BrFN2O2. The van der Waals surface area contributed by atoms with Gasteiger partial charge >= 0.3 is 5.97 Å². The molecule has 0 radical (unpaired) electrons. The second-order valence-corrected chi connectivity index (χ2v) is 7.89. The quantitative estimate of drug-likeness (QED) is 0.739. The van der Waals surface area contributed by atoms with Gasteiger partial charge in [-0.1, -0.05) is 28.9 Å². The van der Waals surface area contributed by atoms with Crippen molar-refractivity contribution in [1.29, 1.82) is 0 Å². The minimum absolute atomic E-state index is 0.121. The van der Waals surface area contributed by atoms with Crippen LogP contribution < -0.4 is 5.32 Å². The summed E-state index contributed by atoms with van der Waals surface area (Å²) in [5.74, 6) is -0.568. The van der Waals surface area contributed by atoms with Crippen LogP contribution in [-0.2, 0) is 4.79 Å². The number of likely N-dealkylation sites (N-methyl/N-ethyl adjacent to an activating group) is 1. The van der Waals surface area contributed by atoms with Gasteiger partial charge in [-0.15, -0.1) is 0 Å². The Morgan fingerprint density at radius 1 is 1.33 bits per heavy atom. The average Bonchev–Trinajstić information content (AvgIpc) is 2.43. The van der Waals surface area contributed by atoms with Gasteiger partial charge in [-0.25, -0.2) is 4.39 Å². The first kappa shape index (κ1) is 17.8. The van der Waals surface area contributed by atoms with E-state index in [1.807, 2.05) is 24.0 Å². The Balaban J connectivity index is 1.40. The maximum Gasteiger partial charge on any atom is 0.317 e. The number of aliphatic carboxylic acids is 1. The number of halogens is 2. The Kier molecular flexibility index (Phi) is 5.57. The van der Waals surface area contributed by atoms with E-state index < -0.39 is 5.97 Å². The molecule has 2 aliphatic rings. The molecule has 24 heavy (non-hydrogen) atoms. The second-order valence-electron chi connectivity index (χ2n) is 6.98. The van der Waals surface area contributed by atoms with Gasteiger partial charge in [0.2, 0.25) is 0 Å². The van der Waals surface area contributed by atoms with E-state index in [9.17, 15) is 9.18 Å². The fraction of sp³-hybridized carbons (Fsp3) is 0.611. The van der Waals surface area contributed by atoms with Crippen molar-refractivity contribution in [1.82, 2.24) is 10.2 Å². The number of carboxylic acid groups (broad SMARTS) is 1. The minimum Gasteiger partial charge on any atom is -0.480 e. The molecule has 1 aromatic carbocycles. The van der Waals surface area contributed by atoms with E-state index in [4.69, 9.17) is 5.11 Å². The van der Waals surface area contributed by atoms with Crippen LogP contribution in [-0.4, -0.2) is 47.2 Å². The van der Waals surface area contributed by atoms with Gasteiger partial charge in [0.05, 0.1) is 6.54 Å². The number of nitrogens with one attached hydrogen (secondary N) is 1. The van der Waals surface area contributed by atoms with Crippen molar-refractivity contribution in [3.63, 3.8) is 0 Å². The van der Waals surface area contributed by atoms with Crippen LogP contribution in [0.1, 0.15) is 44.1 Å². The summed E-state index contributed by atoms with van der Waals surface area (Å²) in [5.41, 5.74) is 0.821. The molecule has 0 atom stereocenters. The van der Waals surface area contributed by atoms with Gasteiger partial charge < -0.3 is 10.4 Å². The molecule has 3 rings (SSSR count). The van der Waals surface area contributed by atoms with Crippen LogP contribution in [0.4, 0.5) is 4.39 Å². The molecule has 2 fully saturated rings. The zero-order valence-corrected chi connectivity index (χ0v) is 15.4. The highest BCUT2D eigenvalue weighted by Gasteiger charge is 2.38. The highest BCUT2D eigenvalue weighted by molar-refractivity contribution is 9.10. The lowest BCUT2D eigenvalue weighted by molar-refractivity contribution is -0.139. The number of rotatable bonds is 7. The molecule has 0 spiro atoms. The molecular weight excluding hydrogens is 375 g/mol. The third-order valence-corrected chi connectivity index (χ3v) is 5.88. The summed E-state index contributed by atoms with van der Waals surface area (Å²) in [7, 11) is 0. The first-order chi connectivity index (χ1) is 11.5. The van der Waals surface area contributed by atoms with Crippen molar-refractivity contribution in [2.24, 2.45) is 0 Å². The maximum atomic E-state index is 14.0. The fourth-order valence-corrected chi connectivity index (χ4v) is 4.20. The summed E-state index contributed by atoms with van der Waals surface area (Å²) in [4.78, 5) is 12.9. The molecule has 2 saturated carbocycles. The van der Waals surface area contributed by atoms with Gasteiger partial charge in [0.25, 0.3) is 0 Å². The highest BCUT2D eigenvalue weighted by Crippen LogP contribution is 2.40. The molecule has 1 aromatic rings. The van der Waals surface area contributed by atoms with Crippen LogP contribution in [0, 0.1) is 5.82 Å². The van der Waals surface area contributed by atoms with Crippen LogP contribution >= 0.6 is 15.9 Å². The molecule has 2 N–H and O–H groups in total. The Morgan fingerprint density at radius 2 is 2.00 bits per heavy atom. The van der Waals surface area contributed by atoms with Crippen LogP contribution in [0.5, 0.6) is 0 Å². The third-order valence-electron chi connectivity index (χ3n) is 5.39. The summed E-state index contributed by atoms with van der Waals surface area (Å²) in [6.45, 7) is 2.91. The maximum absolute atomic E-state index is 14.0. The lowest BCUT2D eigenvalue weighted by Gasteiger charge is -2.46. The Bertz CT molecular complexity index is 601. The van der Waals surface area contributed by atoms with E-state index >= 15 is 0 Å². The van der Waals surface area contributed by atoms with Crippen molar-refractivity contribution >= 4 is 21.9 Å². The normalized spacial score (nSPS) is 29.2. The molecule has 6 heteroatoms. The topological polar surface area (TPSA) is 52.6 Å². The largest absolute Gasteiger partial charge is 0.480 e. The highest BCUT2D eigenvalue weighted by atomic mass is 79.9. The van der Waals surface area contributed by atoms with Crippen LogP contribution in [0.2, 0.25) is 0 Å². The number of nitrogens with zero attached hydrogens (tertiary/aromatic N) is 1. The molecule has 0 amide bonds. The fourth-order valence-electron chi connectivity index (χ4n) is 3.87. The predicted molar refractivity (Wildman–Crippen MR) is 94.7 cm³/mol. The van der Waals surface area contributed by atoms with E-state index in [2.05, 4.69) is 21.2 Å². The number of carbonyl (C=O) groups is 1. The van der Waals surface area contributed by atoms with E-state index in [1.54, 1.807) is 0 Å². The average molecular weight is 399 g/mol. The van der Waals surface area contributed by atoms with Gasteiger partial charge in [-0.2, -0.15) is 0 Å². The van der Waals surface area contributed by atoms with Crippen LogP contribution in [0.25, 0.3) is 0 Å². The number of hydrogen-bond acceptors (Lipinski definition) is 3. The summed E-state index contributed by atoms with van der Waals surface area (Å²) < 4.78 is 14.7. The lowest BCUT2D eigenvalue weighted by Crippen LogP contribution is -2.57. The predicted octanol–water partition coefficient (Wildman–Crippen LogP) is 3.36. The molecule has 0 saturated heterocycles. The van der Waals surface area contributed by atoms with Crippen LogP contribution in [0.15, 0.2) is 22.7 Å². The Labute approximate surface area is 150 Å². The van der Waals surface area contributed by atoms with Gasteiger partial charge in [-0.3, -0.25) is 9.69 Å². The third kappa shape index (κ3) is 3.98. The van der Waals surface area contributed by atoms with E-state index in [0.717, 1.165) is 42.3 Å².